The van der Waals surface area contributed by atoms with E-state index in [0.29, 0.717) is 5.92 Å². The van der Waals surface area contributed by atoms with Crippen LogP contribution in [0.5, 0.6) is 0 Å². The van der Waals surface area contributed by atoms with E-state index in [0.717, 1.165) is 82.8 Å². The Balaban J connectivity index is 1.22. The highest BCUT2D eigenvalue weighted by Crippen LogP contribution is 2.22. The molecule has 1 unspecified atom stereocenters. The summed E-state index contributed by atoms with van der Waals surface area (Å²) in [4.78, 5) is 24.4. The third-order valence-electron chi connectivity index (χ3n) is 5.70. The molecule has 0 bridgehead atoms. The lowest BCUT2D eigenvalue weighted by Gasteiger charge is -2.34. The van der Waals surface area contributed by atoms with Gasteiger partial charge in [-0.25, -0.2) is 19.9 Å². The SMILES string of the molecule is OCC1CCCN(c2cc(NCCN3CCN(c4ncccn4)CC3)ncn2)C1. The van der Waals surface area contributed by atoms with Crippen molar-refractivity contribution in [3.05, 3.63) is 30.9 Å². The van der Waals surface area contributed by atoms with Gasteiger partial charge in [-0.3, -0.25) is 4.90 Å². The third kappa shape index (κ3) is 5.30. The second-order valence-corrected chi connectivity index (χ2v) is 7.70. The largest absolute Gasteiger partial charge is 0.396 e. The first kappa shape index (κ1) is 19.8. The predicted molar refractivity (Wildman–Crippen MR) is 113 cm³/mol. The summed E-state index contributed by atoms with van der Waals surface area (Å²) in [6, 6.07) is 3.87. The summed E-state index contributed by atoms with van der Waals surface area (Å²) in [6.07, 6.45) is 7.40. The summed E-state index contributed by atoms with van der Waals surface area (Å²) in [7, 11) is 0. The topological polar surface area (TPSA) is 93.5 Å². The fraction of sp³-hybridized carbons (Fsp3) is 0.600. The maximum Gasteiger partial charge on any atom is 0.225 e. The Hall–Kier alpha value is -2.52. The molecule has 156 valence electrons. The van der Waals surface area contributed by atoms with Gasteiger partial charge in [0, 0.05) is 77.4 Å². The van der Waals surface area contributed by atoms with E-state index in [9.17, 15) is 5.11 Å². The fourth-order valence-electron chi connectivity index (χ4n) is 4.01. The molecule has 2 N–H and O–H groups in total. The standard InChI is InChI=1S/C20H30N8O/c29-15-17-3-1-7-28(14-17)19-13-18(24-16-25-19)21-6-8-26-9-11-27(12-10-26)20-22-4-2-5-23-20/h2,4-5,13,16-17,29H,1,3,6-12,14-15H2,(H,21,24,25). The third-order valence-corrected chi connectivity index (χ3v) is 5.70. The van der Waals surface area contributed by atoms with Crippen LogP contribution >= 0.6 is 0 Å². The minimum absolute atomic E-state index is 0.246. The Bertz CT molecular complexity index is 753. The minimum atomic E-state index is 0.246. The fourth-order valence-corrected chi connectivity index (χ4v) is 4.01. The Kier molecular flexibility index (Phi) is 6.68. The predicted octanol–water partition coefficient (Wildman–Crippen LogP) is 0.709. The van der Waals surface area contributed by atoms with Gasteiger partial charge in [-0.1, -0.05) is 0 Å². The highest BCUT2D eigenvalue weighted by Gasteiger charge is 2.21. The minimum Gasteiger partial charge on any atom is -0.396 e. The van der Waals surface area contributed by atoms with Crippen molar-refractivity contribution in [1.29, 1.82) is 0 Å². The van der Waals surface area contributed by atoms with Gasteiger partial charge in [0.2, 0.25) is 5.95 Å². The van der Waals surface area contributed by atoms with Gasteiger partial charge in [0.25, 0.3) is 0 Å². The first-order chi connectivity index (χ1) is 14.3. The van der Waals surface area contributed by atoms with E-state index in [4.69, 9.17) is 0 Å². The van der Waals surface area contributed by atoms with E-state index < -0.39 is 0 Å². The molecule has 2 saturated heterocycles. The smallest absolute Gasteiger partial charge is 0.225 e. The highest BCUT2D eigenvalue weighted by atomic mass is 16.3. The van der Waals surface area contributed by atoms with Crippen molar-refractivity contribution in [3.63, 3.8) is 0 Å². The lowest BCUT2D eigenvalue weighted by atomic mass is 9.99. The molecule has 2 aromatic rings. The molecule has 0 saturated carbocycles. The van der Waals surface area contributed by atoms with E-state index in [-0.39, 0.29) is 6.61 Å². The number of piperidine rings is 1. The number of nitrogens with zero attached hydrogens (tertiary/aromatic N) is 7. The molecule has 2 aliphatic heterocycles. The molecule has 0 aromatic carbocycles. The maximum absolute atomic E-state index is 9.45. The van der Waals surface area contributed by atoms with Crippen molar-refractivity contribution in [2.45, 2.75) is 12.8 Å². The van der Waals surface area contributed by atoms with Crippen LogP contribution in [0.3, 0.4) is 0 Å². The molecule has 0 radical (unpaired) electrons. The molecule has 4 rings (SSSR count). The quantitative estimate of drug-likeness (QED) is 0.699. The van der Waals surface area contributed by atoms with Gasteiger partial charge in [0.1, 0.15) is 18.0 Å². The summed E-state index contributed by atoms with van der Waals surface area (Å²) in [5.74, 6) is 2.96. The van der Waals surface area contributed by atoms with Crippen LogP contribution in [-0.4, -0.2) is 88.9 Å². The average Bonchev–Trinajstić information content (AvgIpc) is 2.80. The van der Waals surface area contributed by atoms with Crippen LogP contribution in [0.1, 0.15) is 12.8 Å². The summed E-state index contributed by atoms with van der Waals surface area (Å²) < 4.78 is 0. The monoisotopic (exact) mass is 398 g/mol. The van der Waals surface area contributed by atoms with Crippen LogP contribution in [0, 0.1) is 5.92 Å². The van der Waals surface area contributed by atoms with Crippen molar-refractivity contribution in [2.24, 2.45) is 5.92 Å². The Morgan fingerprint density at radius 2 is 1.83 bits per heavy atom. The number of hydrogen-bond donors (Lipinski definition) is 2. The molecule has 0 spiro atoms. The molecule has 0 amide bonds. The van der Waals surface area contributed by atoms with Crippen LogP contribution < -0.4 is 15.1 Å². The van der Waals surface area contributed by atoms with Gasteiger partial charge >= 0.3 is 0 Å². The summed E-state index contributed by atoms with van der Waals surface area (Å²) in [6.45, 7) is 7.82. The first-order valence-electron chi connectivity index (χ1n) is 10.5. The number of hydrogen-bond acceptors (Lipinski definition) is 9. The molecular formula is C20H30N8O. The molecule has 4 heterocycles. The molecule has 9 nitrogen and oxygen atoms in total. The zero-order chi connectivity index (χ0) is 19.9. The second-order valence-electron chi connectivity index (χ2n) is 7.70. The average molecular weight is 399 g/mol. The van der Waals surface area contributed by atoms with Crippen molar-refractivity contribution in [3.8, 4) is 0 Å². The van der Waals surface area contributed by atoms with Crippen molar-refractivity contribution < 1.29 is 5.11 Å². The normalized spacial score (nSPS) is 20.7. The van der Waals surface area contributed by atoms with E-state index in [1.807, 2.05) is 12.1 Å². The number of rotatable bonds is 7. The van der Waals surface area contributed by atoms with Gasteiger partial charge in [-0.05, 0) is 24.8 Å². The van der Waals surface area contributed by atoms with Crippen LogP contribution in [0.15, 0.2) is 30.9 Å². The molecule has 2 aromatic heterocycles. The van der Waals surface area contributed by atoms with E-state index in [1.54, 1.807) is 18.7 Å². The zero-order valence-electron chi connectivity index (χ0n) is 16.8. The summed E-state index contributed by atoms with van der Waals surface area (Å²) >= 11 is 0. The molecule has 9 heteroatoms. The van der Waals surface area contributed by atoms with Crippen LogP contribution in [-0.2, 0) is 0 Å². The Morgan fingerprint density at radius 3 is 2.62 bits per heavy atom. The van der Waals surface area contributed by atoms with E-state index in [1.165, 1.54) is 0 Å². The van der Waals surface area contributed by atoms with Crippen LogP contribution in [0.4, 0.5) is 17.6 Å². The van der Waals surface area contributed by atoms with Crippen LogP contribution in [0.25, 0.3) is 0 Å². The molecule has 1 atom stereocenters. The number of nitrogens with one attached hydrogen (secondary N) is 1. The zero-order valence-corrected chi connectivity index (χ0v) is 16.8. The highest BCUT2D eigenvalue weighted by molar-refractivity contribution is 5.48. The summed E-state index contributed by atoms with van der Waals surface area (Å²) in [5.41, 5.74) is 0. The first-order valence-corrected chi connectivity index (χ1v) is 10.5. The van der Waals surface area contributed by atoms with Gasteiger partial charge in [0.05, 0.1) is 0 Å². The number of aliphatic hydroxyl groups is 1. The molecule has 0 aliphatic carbocycles. The second kappa shape index (κ2) is 9.80. The van der Waals surface area contributed by atoms with Crippen molar-refractivity contribution in [2.75, 3.05) is 74.1 Å². The maximum atomic E-state index is 9.45. The molecule has 2 aliphatic rings. The van der Waals surface area contributed by atoms with Gasteiger partial charge < -0.3 is 20.2 Å². The number of piperazine rings is 1. The lowest BCUT2D eigenvalue weighted by molar-refractivity contribution is 0.208. The van der Waals surface area contributed by atoms with Crippen LogP contribution in [0.2, 0.25) is 0 Å². The van der Waals surface area contributed by atoms with Gasteiger partial charge in [-0.15, -0.1) is 0 Å². The molecular weight excluding hydrogens is 368 g/mol. The van der Waals surface area contributed by atoms with Crippen molar-refractivity contribution in [1.82, 2.24) is 24.8 Å². The number of aliphatic hydroxyl groups excluding tert-OH is 1. The summed E-state index contributed by atoms with van der Waals surface area (Å²) in [5, 5.41) is 12.9. The Labute approximate surface area is 171 Å². The molecule has 2 fully saturated rings. The van der Waals surface area contributed by atoms with E-state index >= 15 is 0 Å². The molecule has 29 heavy (non-hydrogen) atoms. The van der Waals surface area contributed by atoms with Crippen molar-refractivity contribution >= 4 is 17.6 Å². The van der Waals surface area contributed by atoms with E-state index in [2.05, 4.69) is 40.0 Å². The van der Waals surface area contributed by atoms with Gasteiger partial charge in [0.15, 0.2) is 0 Å². The lowest BCUT2D eigenvalue weighted by Crippen LogP contribution is -2.48. The Morgan fingerprint density at radius 1 is 1.00 bits per heavy atom. The number of anilines is 3. The van der Waals surface area contributed by atoms with Gasteiger partial charge in [-0.2, -0.15) is 0 Å². The number of aromatic nitrogens is 4.